The molecule has 1 atom stereocenters. The van der Waals surface area contributed by atoms with Crippen LogP contribution in [0.4, 0.5) is 0 Å². The highest BCUT2D eigenvalue weighted by atomic mass is 35.5. The molecule has 0 saturated carbocycles. The van der Waals surface area contributed by atoms with Gasteiger partial charge in [-0.15, -0.1) is 21.5 Å². The Hall–Kier alpha value is -2.88. The first-order valence-corrected chi connectivity index (χ1v) is 13.3. The third-order valence-corrected chi connectivity index (χ3v) is 7.84. The number of amides is 1. The highest BCUT2D eigenvalue weighted by Gasteiger charge is 2.21. The molecule has 1 N–H and O–H groups in total. The highest BCUT2D eigenvalue weighted by Crippen LogP contribution is 2.36. The van der Waals surface area contributed by atoms with Crippen molar-refractivity contribution >= 4 is 40.6 Å². The predicted molar refractivity (Wildman–Crippen MR) is 142 cm³/mol. The summed E-state index contributed by atoms with van der Waals surface area (Å²) in [5.74, 6) is 2.03. The predicted octanol–water partition coefficient (Wildman–Crippen LogP) is 6.12. The van der Waals surface area contributed by atoms with Crippen molar-refractivity contribution in [2.75, 3.05) is 7.11 Å². The first-order chi connectivity index (χ1) is 16.9. The number of carbonyl (C=O) groups is 1. The molecule has 2 aromatic carbocycles. The maximum Gasteiger partial charge on any atom is 0.270 e. The Morgan fingerprint density at radius 1 is 1.14 bits per heavy atom. The van der Waals surface area contributed by atoms with Crippen LogP contribution in [0.25, 0.3) is 17.1 Å². The summed E-state index contributed by atoms with van der Waals surface area (Å²) in [6, 6.07) is 15.3. The van der Waals surface area contributed by atoms with Gasteiger partial charge in [0.15, 0.2) is 11.0 Å². The van der Waals surface area contributed by atoms with Gasteiger partial charge in [0, 0.05) is 17.0 Å². The second-order valence-electron chi connectivity index (χ2n) is 8.21. The minimum atomic E-state index is -0.156. The van der Waals surface area contributed by atoms with E-state index in [0.29, 0.717) is 39.1 Å². The molecule has 10 heteroatoms. The smallest absolute Gasteiger partial charge is 0.270 e. The van der Waals surface area contributed by atoms with Crippen LogP contribution >= 0.6 is 34.7 Å². The van der Waals surface area contributed by atoms with Crippen molar-refractivity contribution in [1.82, 2.24) is 25.1 Å². The van der Waals surface area contributed by atoms with Crippen LogP contribution in [0.15, 0.2) is 59.1 Å². The Kier molecular flexibility index (Phi) is 8.10. The standard InChI is InChI=1S/C25H26ClN5O2S2/c1-15(2)16(3)27-24(32)19-13-34-22(28-19)14-35-25-30-29-23(17-9-5-6-10-18(17)26)31(25)20-11-7-8-12-21(20)33-4/h5-13,15-16H,14H2,1-4H3,(H,27,32). The molecular weight excluding hydrogens is 502 g/mol. The number of benzene rings is 2. The van der Waals surface area contributed by atoms with Gasteiger partial charge in [0.05, 0.1) is 23.6 Å². The van der Waals surface area contributed by atoms with E-state index in [9.17, 15) is 4.79 Å². The lowest BCUT2D eigenvalue weighted by atomic mass is 10.1. The summed E-state index contributed by atoms with van der Waals surface area (Å²) >= 11 is 9.43. The third-order valence-electron chi connectivity index (χ3n) is 5.54. The van der Waals surface area contributed by atoms with E-state index in [1.54, 1.807) is 12.5 Å². The van der Waals surface area contributed by atoms with Gasteiger partial charge >= 0.3 is 0 Å². The van der Waals surface area contributed by atoms with Crippen LogP contribution in [0.1, 0.15) is 36.3 Å². The van der Waals surface area contributed by atoms with Crippen LogP contribution < -0.4 is 10.1 Å². The van der Waals surface area contributed by atoms with E-state index < -0.39 is 0 Å². The summed E-state index contributed by atoms with van der Waals surface area (Å²) in [6.07, 6.45) is 0. The van der Waals surface area contributed by atoms with Crippen LogP contribution in [0.2, 0.25) is 5.02 Å². The van der Waals surface area contributed by atoms with Crippen LogP contribution in [-0.4, -0.2) is 38.8 Å². The summed E-state index contributed by atoms with van der Waals surface area (Å²) in [4.78, 5) is 17.1. The number of nitrogens with zero attached hydrogens (tertiary/aromatic N) is 4. The lowest BCUT2D eigenvalue weighted by Gasteiger charge is -2.16. The molecular formula is C25H26ClN5O2S2. The zero-order valence-corrected chi connectivity index (χ0v) is 22.2. The zero-order chi connectivity index (χ0) is 24.9. The monoisotopic (exact) mass is 527 g/mol. The molecule has 2 heterocycles. The number of hydrogen-bond donors (Lipinski definition) is 1. The van der Waals surface area contributed by atoms with E-state index in [0.717, 1.165) is 16.3 Å². The van der Waals surface area contributed by atoms with Crippen molar-refractivity contribution in [3.63, 3.8) is 0 Å². The number of para-hydroxylation sites is 2. The lowest BCUT2D eigenvalue weighted by molar-refractivity contribution is 0.0926. The van der Waals surface area contributed by atoms with Crippen molar-refractivity contribution in [2.24, 2.45) is 5.92 Å². The maximum absolute atomic E-state index is 12.5. The Labute approximate surface area is 217 Å². The molecule has 0 spiro atoms. The first kappa shape index (κ1) is 25.2. The molecule has 1 amide bonds. The number of thioether (sulfide) groups is 1. The van der Waals surface area contributed by atoms with Crippen LogP contribution in [0.3, 0.4) is 0 Å². The molecule has 0 bridgehead atoms. The number of thiazole rings is 1. The van der Waals surface area contributed by atoms with Gasteiger partial charge < -0.3 is 10.1 Å². The fourth-order valence-corrected chi connectivity index (χ4v) is 5.22. The molecule has 7 nitrogen and oxygen atoms in total. The Balaban J connectivity index is 1.62. The number of ether oxygens (including phenoxy) is 1. The molecule has 2 aromatic heterocycles. The lowest BCUT2D eigenvalue weighted by Crippen LogP contribution is -2.36. The van der Waals surface area contributed by atoms with Crippen LogP contribution in [0.5, 0.6) is 5.75 Å². The molecule has 0 saturated heterocycles. The van der Waals surface area contributed by atoms with E-state index in [4.69, 9.17) is 16.3 Å². The average molecular weight is 528 g/mol. The molecule has 0 aliphatic rings. The third kappa shape index (κ3) is 5.69. The Bertz CT molecular complexity index is 1320. The molecule has 0 radical (unpaired) electrons. The molecule has 4 aromatic rings. The van der Waals surface area contributed by atoms with Gasteiger partial charge in [-0.05, 0) is 37.1 Å². The molecule has 1 unspecified atom stereocenters. The maximum atomic E-state index is 12.5. The quantitative estimate of drug-likeness (QED) is 0.264. The van der Waals surface area contributed by atoms with Gasteiger partial charge in [0.2, 0.25) is 0 Å². The molecule has 182 valence electrons. The zero-order valence-electron chi connectivity index (χ0n) is 19.9. The van der Waals surface area contributed by atoms with Gasteiger partial charge in [-0.3, -0.25) is 9.36 Å². The second-order valence-corrected chi connectivity index (χ2v) is 10.5. The van der Waals surface area contributed by atoms with Gasteiger partial charge in [-0.1, -0.05) is 61.5 Å². The Morgan fingerprint density at radius 2 is 1.89 bits per heavy atom. The number of nitrogens with one attached hydrogen (secondary N) is 1. The van der Waals surface area contributed by atoms with Crippen LogP contribution in [0, 0.1) is 5.92 Å². The fourth-order valence-electron chi connectivity index (χ4n) is 3.27. The van der Waals surface area contributed by atoms with Gasteiger partial charge in [-0.2, -0.15) is 0 Å². The highest BCUT2D eigenvalue weighted by molar-refractivity contribution is 7.98. The fraction of sp³-hybridized carbons (Fsp3) is 0.280. The first-order valence-electron chi connectivity index (χ1n) is 11.1. The molecule has 0 aliphatic heterocycles. The summed E-state index contributed by atoms with van der Waals surface area (Å²) in [7, 11) is 1.63. The van der Waals surface area contributed by atoms with Gasteiger partial charge in [0.25, 0.3) is 5.91 Å². The molecule has 0 fully saturated rings. The number of rotatable bonds is 9. The SMILES string of the molecule is COc1ccccc1-n1c(SCc2nc(C(=O)NC(C)C(C)C)cs2)nnc1-c1ccccc1Cl. The van der Waals surface area contributed by atoms with E-state index >= 15 is 0 Å². The van der Waals surface area contributed by atoms with Crippen LogP contribution in [-0.2, 0) is 5.75 Å². The molecule has 35 heavy (non-hydrogen) atoms. The Morgan fingerprint density at radius 3 is 2.63 bits per heavy atom. The van der Waals surface area contributed by atoms with Gasteiger partial charge in [0.1, 0.15) is 16.5 Å². The minimum absolute atomic E-state index is 0.0738. The van der Waals surface area contributed by atoms with Gasteiger partial charge in [-0.25, -0.2) is 4.98 Å². The largest absolute Gasteiger partial charge is 0.495 e. The van der Waals surface area contributed by atoms with E-state index in [1.807, 2.05) is 60.0 Å². The second kappa shape index (κ2) is 11.2. The summed E-state index contributed by atoms with van der Waals surface area (Å²) in [6.45, 7) is 6.14. The van der Waals surface area contributed by atoms with Crippen molar-refractivity contribution in [3.05, 3.63) is 69.6 Å². The number of hydrogen-bond acceptors (Lipinski definition) is 7. The van der Waals surface area contributed by atoms with E-state index in [2.05, 4.69) is 34.3 Å². The number of methoxy groups -OCH3 is 1. The van der Waals surface area contributed by atoms with E-state index in [-0.39, 0.29) is 11.9 Å². The van der Waals surface area contributed by atoms with Crippen molar-refractivity contribution in [2.45, 2.75) is 37.7 Å². The number of halogens is 1. The van der Waals surface area contributed by atoms with E-state index in [1.165, 1.54) is 23.1 Å². The molecule has 0 aliphatic carbocycles. The van der Waals surface area contributed by atoms with Crippen molar-refractivity contribution < 1.29 is 9.53 Å². The normalized spacial score (nSPS) is 12.1. The summed E-state index contributed by atoms with van der Waals surface area (Å²) in [5.41, 5.74) is 2.01. The molecule has 4 rings (SSSR count). The summed E-state index contributed by atoms with van der Waals surface area (Å²) < 4.78 is 7.55. The van der Waals surface area contributed by atoms with Crippen molar-refractivity contribution in [3.8, 4) is 22.8 Å². The van der Waals surface area contributed by atoms with Crippen molar-refractivity contribution in [1.29, 1.82) is 0 Å². The number of carbonyl (C=O) groups excluding carboxylic acids is 1. The average Bonchev–Trinajstić information content (AvgIpc) is 3.50. The summed E-state index contributed by atoms with van der Waals surface area (Å²) in [5, 5.41) is 15.8. The minimum Gasteiger partial charge on any atom is -0.495 e. The topological polar surface area (TPSA) is 81.9 Å². The number of aromatic nitrogens is 4.